The third-order valence-electron chi connectivity index (χ3n) is 3.08. The van der Waals surface area contributed by atoms with Crippen LogP contribution in [0.15, 0.2) is 30.6 Å². The molecule has 1 aliphatic heterocycles. The fourth-order valence-corrected chi connectivity index (χ4v) is 3.74. The van der Waals surface area contributed by atoms with Crippen molar-refractivity contribution >= 4 is 41.3 Å². The van der Waals surface area contributed by atoms with E-state index in [-0.39, 0.29) is 0 Å². The van der Waals surface area contributed by atoms with E-state index in [4.69, 9.17) is 23.2 Å². The molecule has 1 aromatic carbocycles. The molecule has 1 aromatic rings. The lowest BCUT2D eigenvalue weighted by Crippen LogP contribution is -2.28. The van der Waals surface area contributed by atoms with Crippen LogP contribution in [-0.4, -0.2) is 22.4 Å². The van der Waals surface area contributed by atoms with Crippen molar-refractivity contribution in [2.75, 3.05) is 5.75 Å². The molecule has 0 N–H and O–H groups in total. The summed E-state index contributed by atoms with van der Waals surface area (Å²) in [5, 5.41) is 1.73. The summed E-state index contributed by atoms with van der Waals surface area (Å²) in [6.45, 7) is 2.21. The molecule has 2 nitrogen and oxygen atoms in total. The Morgan fingerprint density at radius 1 is 1.35 bits per heavy atom. The molecule has 0 fully saturated rings. The zero-order chi connectivity index (χ0) is 14.4. The van der Waals surface area contributed by atoms with Crippen LogP contribution >= 0.6 is 35.0 Å². The summed E-state index contributed by atoms with van der Waals surface area (Å²) in [6, 6.07) is 5.71. The van der Waals surface area contributed by atoms with Crippen molar-refractivity contribution in [1.29, 1.82) is 0 Å². The molecular formula is C15H18Cl2N2S+. The van der Waals surface area contributed by atoms with Crippen LogP contribution in [0.5, 0.6) is 0 Å². The fourth-order valence-electron chi connectivity index (χ4n) is 1.93. The maximum Gasteiger partial charge on any atom is 0.287 e. The maximum atomic E-state index is 6.28. The molecule has 1 heterocycles. The van der Waals surface area contributed by atoms with E-state index in [0.29, 0.717) is 10.4 Å². The molecule has 1 atom stereocenters. The number of benzene rings is 1. The van der Waals surface area contributed by atoms with Gasteiger partial charge >= 0.3 is 0 Å². The van der Waals surface area contributed by atoms with Gasteiger partial charge in [-0.25, -0.2) is 4.90 Å². The number of thioether (sulfide) groups is 1. The van der Waals surface area contributed by atoms with Gasteiger partial charge in [0.25, 0.3) is 6.34 Å². The van der Waals surface area contributed by atoms with Crippen LogP contribution in [0.3, 0.4) is 0 Å². The van der Waals surface area contributed by atoms with Gasteiger partial charge in [-0.2, -0.15) is 0 Å². The van der Waals surface area contributed by atoms with Crippen molar-refractivity contribution in [3.05, 3.63) is 46.2 Å². The summed E-state index contributed by atoms with van der Waals surface area (Å²) in [5.74, 6) is 1.14. The van der Waals surface area contributed by atoms with Crippen molar-refractivity contribution in [3.63, 3.8) is 0 Å². The minimum Gasteiger partial charge on any atom is -0.221 e. The molecule has 0 saturated carbocycles. The van der Waals surface area contributed by atoms with E-state index in [0.717, 1.165) is 22.8 Å². The number of rotatable bonds is 7. The summed E-state index contributed by atoms with van der Waals surface area (Å²) in [5.41, 5.74) is 1.12. The highest BCUT2D eigenvalue weighted by Crippen LogP contribution is 2.27. The van der Waals surface area contributed by atoms with Crippen LogP contribution in [0, 0.1) is 0 Å². The second-order valence-corrected chi connectivity index (χ2v) is 6.76. The Balaban J connectivity index is 2.06. The normalized spacial score (nSPS) is 15.1. The number of halogens is 2. The molecule has 2 rings (SSSR count). The van der Waals surface area contributed by atoms with E-state index in [1.54, 1.807) is 6.07 Å². The van der Waals surface area contributed by atoms with Crippen molar-refractivity contribution in [2.45, 2.75) is 31.6 Å². The highest BCUT2D eigenvalue weighted by Gasteiger charge is 2.24. The average molecular weight is 329 g/mol. The molecule has 1 unspecified atom stereocenters. The number of nitrogens with zero attached hydrogens (tertiary/aromatic N) is 2. The Morgan fingerprint density at radius 3 is 2.85 bits per heavy atom. The molecule has 20 heavy (non-hydrogen) atoms. The summed E-state index contributed by atoms with van der Waals surface area (Å²) in [4.78, 5) is 6.29. The monoisotopic (exact) mass is 328 g/mol. The zero-order valence-corrected chi connectivity index (χ0v) is 13.8. The summed E-state index contributed by atoms with van der Waals surface area (Å²) < 4.78 is 0. The van der Waals surface area contributed by atoms with Gasteiger partial charge in [0.2, 0.25) is 0 Å². The SMILES string of the molecule is CCCCSC(Cc1ccc(Cl)cc1Cl)N1C=C[N+]=C1. The highest BCUT2D eigenvalue weighted by molar-refractivity contribution is 7.99. The molecule has 0 bridgehead atoms. The summed E-state index contributed by atoms with van der Waals surface area (Å²) in [6.07, 6.45) is 9.01. The van der Waals surface area contributed by atoms with Gasteiger partial charge in [0.05, 0.1) is 0 Å². The van der Waals surface area contributed by atoms with Gasteiger partial charge < -0.3 is 0 Å². The topological polar surface area (TPSA) is 17.3 Å². The predicted octanol–water partition coefficient (Wildman–Crippen LogP) is 4.55. The maximum absolute atomic E-state index is 6.28. The van der Waals surface area contributed by atoms with Crippen LogP contribution < -0.4 is 4.99 Å². The lowest BCUT2D eigenvalue weighted by atomic mass is 10.1. The lowest BCUT2D eigenvalue weighted by Gasteiger charge is -2.19. The smallest absolute Gasteiger partial charge is 0.221 e. The van der Waals surface area contributed by atoms with Crippen molar-refractivity contribution in [2.24, 2.45) is 0 Å². The van der Waals surface area contributed by atoms with Crippen molar-refractivity contribution in [1.82, 2.24) is 9.89 Å². The van der Waals surface area contributed by atoms with Gasteiger partial charge in [-0.15, -0.1) is 11.8 Å². The first-order valence-electron chi connectivity index (χ1n) is 6.73. The largest absolute Gasteiger partial charge is 0.287 e. The van der Waals surface area contributed by atoms with Gasteiger partial charge in [0.1, 0.15) is 6.20 Å². The molecule has 0 amide bonds. The minimum absolute atomic E-state index is 0.322. The van der Waals surface area contributed by atoms with Gasteiger partial charge in [-0.1, -0.05) is 47.6 Å². The Hall–Kier alpha value is -0.640. The van der Waals surface area contributed by atoms with Gasteiger partial charge in [0.15, 0.2) is 11.6 Å². The molecule has 0 aromatic heterocycles. The predicted molar refractivity (Wildman–Crippen MR) is 90.5 cm³/mol. The molecular weight excluding hydrogens is 311 g/mol. The van der Waals surface area contributed by atoms with Crippen LogP contribution in [-0.2, 0) is 6.42 Å². The molecule has 0 aliphatic carbocycles. The second kappa shape index (κ2) is 7.96. The van der Waals surface area contributed by atoms with Crippen LogP contribution in [0.1, 0.15) is 25.3 Å². The van der Waals surface area contributed by atoms with Crippen molar-refractivity contribution < 1.29 is 0 Å². The first-order chi connectivity index (χ1) is 9.70. The van der Waals surface area contributed by atoms with E-state index in [1.165, 1.54) is 12.8 Å². The molecule has 5 heteroatoms. The number of unbranched alkanes of at least 4 members (excludes halogenated alkanes) is 1. The second-order valence-electron chi connectivity index (χ2n) is 4.63. The molecule has 107 valence electrons. The molecule has 1 radical (unpaired) electrons. The number of hydrogen-bond acceptors (Lipinski definition) is 3. The fraction of sp³-hybridized carbons (Fsp3) is 0.400. The van der Waals surface area contributed by atoms with Crippen LogP contribution in [0.25, 0.3) is 0 Å². The van der Waals surface area contributed by atoms with Crippen LogP contribution in [0.2, 0.25) is 10.0 Å². The van der Waals surface area contributed by atoms with E-state index < -0.39 is 0 Å². The Morgan fingerprint density at radius 2 is 2.20 bits per heavy atom. The molecule has 0 saturated heterocycles. The third-order valence-corrected chi connectivity index (χ3v) is 4.98. The number of aliphatic imine (C=N–C) groups is 1. The molecule has 0 spiro atoms. The average Bonchev–Trinajstić information content (AvgIpc) is 2.94. The summed E-state index contributed by atoms with van der Waals surface area (Å²) >= 11 is 14.2. The van der Waals surface area contributed by atoms with Crippen LogP contribution in [0.4, 0.5) is 0 Å². The standard InChI is InChI=1S/C15H18Cl2N2S/c1-2-3-8-20-15(19-7-6-18-11-19)9-12-4-5-13(16)10-14(12)17/h4-7,10-11,15H,2-3,8-9H2,1H3/q+1. The van der Waals surface area contributed by atoms with Gasteiger partial charge in [-0.3, -0.25) is 0 Å². The third kappa shape index (κ3) is 4.44. The zero-order valence-electron chi connectivity index (χ0n) is 11.4. The van der Waals surface area contributed by atoms with E-state index >= 15 is 0 Å². The Labute approximate surface area is 134 Å². The van der Waals surface area contributed by atoms with E-state index in [2.05, 4.69) is 16.8 Å². The van der Waals surface area contributed by atoms with E-state index in [9.17, 15) is 0 Å². The number of hydrogen-bond donors (Lipinski definition) is 0. The first kappa shape index (κ1) is 15.7. The minimum atomic E-state index is 0.322. The van der Waals surface area contributed by atoms with Gasteiger partial charge in [-0.05, 0) is 29.9 Å². The Bertz CT molecular complexity index is 491. The first-order valence-corrected chi connectivity index (χ1v) is 8.54. The van der Waals surface area contributed by atoms with Crippen molar-refractivity contribution in [3.8, 4) is 0 Å². The summed E-state index contributed by atoms with van der Waals surface area (Å²) in [7, 11) is 0. The quantitative estimate of drug-likeness (QED) is 0.683. The lowest BCUT2D eigenvalue weighted by molar-refractivity contribution is 0.536. The highest BCUT2D eigenvalue weighted by atomic mass is 35.5. The molecule has 1 aliphatic rings. The van der Waals surface area contributed by atoms with E-state index in [1.807, 2.05) is 42.6 Å². The van der Waals surface area contributed by atoms with Gasteiger partial charge in [0, 0.05) is 16.5 Å². The Kier molecular flexibility index (Phi) is 6.27.